The third kappa shape index (κ3) is 2.78. The summed E-state index contributed by atoms with van der Waals surface area (Å²) in [6, 6.07) is 18.1. The van der Waals surface area contributed by atoms with Crippen LogP contribution in [0.3, 0.4) is 0 Å². The Kier molecular flexibility index (Phi) is 3.48. The second kappa shape index (κ2) is 5.78. The van der Waals surface area contributed by atoms with E-state index in [1.807, 2.05) is 47.8 Å². The molecule has 0 aliphatic carbocycles. The SMILES string of the molecule is Fc1cccc(Nc2nc(-c3cccs3)nc3ccccc23)c1. The molecule has 5 heteroatoms. The van der Waals surface area contributed by atoms with Crippen LogP contribution in [-0.4, -0.2) is 9.97 Å². The van der Waals surface area contributed by atoms with Gasteiger partial charge in [-0.1, -0.05) is 24.3 Å². The van der Waals surface area contributed by atoms with E-state index in [9.17, 15) is 4.39 Å². The van der Waals surface area contributed by atoms with E-state index in [-0.39, 0.29) is 5.82 Å². The molecule has 0 aliphatic heterocycles. The van der Waals surface area contributed by atoms with E-state index in [4.69, 9.17) is 0 Å². The van der Waals surface area contributed by atoms with Gasteiger partial charge in [0.15, 0.2) is 5.82 Å². The molecular weight excluding hydrogens is 309 g/mol. The summed E-state index contributed by atoms with van der Waals surface area (Å²) in [6.07, 6.45) is 0. The van der Waals surface area contributed by atoms with Crippen LogP contribution in [0.25, 0.3) is 21.6 Å². The molecule has 0 saturated carbocycles. The summed E-state index contributed by atoms with van der Waals surface area (Å²) in [5.41, 5.74) is 1.51. The first kappa shape index (κ1) is 13.8. The predicted octanol–water partition coefficient (Wildman–Crippen LogP) is 5.24. The molecule has 2 heterocycles. The van der Waals surface area contributed by atoms with Gasteiger partial charge in [-0.05, 0) is 41.8 Å². The molecule has 0 unspecified atom stereocenters. The number of nitrogens with one attached hydrogen (secondary N) is 1. The summed E-state index contributed by atoms with van der Waals surface area (Å²) >= 11 is 1.59. The Morgan fingerprint density at radius 2 is 1.83 bits per heavy atom. The smallest absolute Gasteiger partial charge is 0.172 e. The van der Waals surface area contributed by atoms with Gasteiger partial charge in [0.1, 0.15) is 11.6 Å². The maximum Gasteiger partial charge on any atom is 0.172 e. The molecule has 3 nitrogen and oxygen atoms in total. The van der Waals surface area contributed by atoms with Gasteiger partial charge in [0.25, 0.3) is 0 Å². The Labute approximate surface area is 136 Å². The number of para-hydroxylation sites is 1. The van der Waals surface area contributed by atoms with Gasteiger partial charge in [-0.25, -0.2) is 14.4 Å². The van der Waals surface area contributed by atoms with Crippen molar-refractivity contribution in [3.8, 4) is 10.7 Å². The zero-order valence-corrected chi connectivity index (χ0v) is 12.8. The average molecular weight is 321 g/mol. The standard InChI is InChI=1S/C18H12FN3S/c19-12-5-3-6-13(11-12)20-17-14-7-1-2-8-15(14)21-18(22-17)16-9-4-10-23-16/h1-11H,(H,20,21,22). The zero-order chi connectivity index (χ0) is 15.6. The molecular formula is C18H12FN3S. The fraction of sp³-hybridized carbons (Fsp3) is 0. The molecule has 4 rings (SSSR count). The van der Waals surface area contributed by atoms with E-state index < -0.39 is 0 Å². The van der Waals surface area contributed by atoms with Crippen LogP contribution in [0, 0.1) is 5.82 Å². The van der Waals surface area contributed by atoms with Gasteiger partial charge in [0.2, 0.25) is 0 Å². The number of rotatable bonds is 3. The van der Waals surface area contributed by atoms with E-state index in [2.05, 4.69) is 15.3 Å². The second-order valence-electron chi connectivity index (χ2n) is 5.03. The van der Waals surface area contributed by atoms with Crippen molar-refractivity contribution in [3.05, 3.63) is 71.9 Å². The number of fused-ring (bicyclic) bond motifs is 1. The number of nitrogens with zero attached hydrogens (tertiary/aromatic N) is 2. The van der Waals surface area contributed by atoms with Gasteiger partial charge in [0.05, 0.1) is 10.4 Å². The predicted molar refractivity (Wildman–Crippen MR) is 92.5 cm³/mol. The van der Waals surface area contributed by atoms with Crippen molar-refractivity contribution in [2.24, 2.45) is 0 Å². The molecule has 0 bridgehead atoms. The molecule has 23 heavy (non-hydrogen) atoms. The summed E-state index contributed by atoms with van der Waals surface area (Å²) in [5.74, 6) is 1.05. The fourth-order valence-electron chi connectivity index (χ4n) is 2.39. The Morgan fingerprint density at radius 1 is 0.913 bits per heavy atom. The van der Waals surface area contributed by atoms with Gasteiger partial charge >= 0.3 is 0 Å². The molecule has 4 aromatic rings. The van der Waals surface area contributed by atoms with Crippen molar-refractivity contribution >= 4 is 33.7 Å². The summed E-state index contributed by atoms with van der Waals surface area (Å²) in [7, 11) is 0. The Balaban J connectivity index is 1.86. The molecule has 0 fully saturated rings. The molecule has 2 aromatic heterocycles. The van der Waals surface area contributed by atoms with Crippen LogP contribution in [-0.2, 0) is 0 Å². The fourth-order valence-corrected chi connectivity index (χ4v) is 3.05. The van der Waals surface area contributed by atoms with Gasteiger partial charge in [0, 0.05) is 11.1 Å². The van der Waals surface area contributed by atoms with E-state index in [0.717, 1.165) is 15.8 Å². The lowest BCUT2D eigenvalue weighted by Crippen LogP contribution is -1.99. The third-order valence-corrected chi connectivity index (χ3v) is 4.30. The average Bonchev–Trinajstić information content (AvgIpc) is 3.09. The lowest BCUT2D eigenvalue weighted by molar-refractivity contribution is 0.628. The van der Waals surface area contributed by atoms with Crippen molar-refractivity contribution in [2.45, 2.75) is 0 Å². The first-order chi connectivity index (χ1) is 11.3. The van der Waals surface area contributed by atoms with Gasteiger partial charge in [-0.3, -0.25) is 0 Å². The van der Waals surface area contributed by atoms with Gasteiger partial charge in [-0.15, -0.1) is 11.3 Å². The first-order valence-corrected chi connectivity index (χ1v) is 8.01. The highest BCUT2D eigenvalue weighted by atomic mass is 32.1. The van der Waals surface area contributed by atoms with Crippen LogP contribution < -0.4 is 5.32 Å². The molecule has 2 aromatic carbocycles. The third-order valence-electron chi connectivity index (χ3n) is 3.43. The Morgan fingerprint density at radius 3 is 2.65 bits per heavy atom. The zero-order valence-electron chi connectivity index (χ0n) is 12.0. The van der Waals surface area contributed by atoms with Crippen LogP contribution in [0.5, 0.6) is 0 Å². The first-order valence-electron chi connectivity index (χ1n) is 7.13. The maximum atomic E-state index is 13.4. The highest BCUT2D eigenvalue weighted by Crippen LogP contribution is 2.29. The summed E-state index contributed by atoms with van der Waals surface area (Å²) in [4.78, 5) is 10.3. The van der Waals surface area contributed by atoms with Crippen LogP contribution >= 0.6 is 11.3 Å². The van der Waals surface area contributed by atoms with Crippen LogP contribution in [0.1, 0.15) is 0 Å². The molecule has 0 spiro atoms. The Hall–Kier alpha value is -2.79. The van der Waals surface area contributed by atoms with Gasteiger partial charge < -0.3 is 5.32 Å². The monoisotopic (exact) mass is 321 g/mol. The minimum Gasteiger partial charge on any atom is -0.340 e. The second-order valence-corrected chi connectivity index (χ2v) is 5.97. The number of hydrogen-bond donors (Lipinski definition) is 1. The largest absolute Gasteiger partial charge is 0.340 e. The van der Waals surface area contributed by atoms with E-state index in [0.29, 0.717) is 17.3 Å². The number of benzene rings is 2. The molecule has 0 amide bonds. The van der Waals surface area contributed by atoms with Crippen molar-refractivity contribution in [1.29, 1.82) is 0 Å². The number of halogens is 1. The lowest BCUT2D eigenvalue weighted by Gasteiger charge is -2.10. The van der Waals surface area contributed by atoms with E-state index in [1.54, 1.807) is 17.4 Å². The van der Waals surface area contributed by atoms with E-state index >= 15 is 0 Å². The number of anilines is 2. The highest BCUT2D eigenvalue weighted by Gasteiger charge is 2.10. The molecule has 112 valence electrons. The lowest BCUT2D eigenvalue weighted by atomic mass is 10.2. The van der Waals surface area contributed by atoms with Crippen LogP contribution in [0.15, 0.2) is 66.0 Å². The van der Waals surface area contributed by atoms with Crippen molar-refractivity contribution in [2.75, 3.05) is 5.32 Å². The highest BCUT2D eigenvalue weighted by molar-refractivity contribution is 7.13. The van der Waals surface area contributed by atoms with E-state index in [1.165, 1.54) is 12.1 Å². The molecule has 0 radical (unpaired) electrons. The summed E-state index contributed by atoms with van der Waals surface area (Å²) < 4.78 is 13.4. The molecule has 0 atom stereocenters. The quantitative estimate of drug-likeness (QED) is 0.560. The number of thiophene rings is 1. The van der Waals surface area contributed by atoms with Crippen LogP contribution in [0.4, 0.5) is 15.9 Å². The minimum atomic E-state index is -0.285. The number of hydrogen-bond acceptors (Lipinski definition) is 4. The minimum absolute atomic E-state index is 0.285. The molecule has 1 N–H and O–H groups in total. The van der Waals surface area contributed by atoms with Crippen LogP contribution in [0.2, 0.25) is 0 Å². The topological polar surface area (TPSA) is 37.8 Å². The van der Waals surface area contributed by atoms with Crippen molar-refractivity contribution in [1.82, 2.24) is 9.97 Å². The van der Waals surface area contributed by atoms with Gasteiger partial charge in [-0.2, -0.15) is 0 Å². The maximum absolute atomic E-state index is 13.4. The van der Waals surface area contributed by atoms with Crippen molar-refractivity contribution < 1.29 is 4.39 Å². The molecule has 0 saturated heterocycles. The number of aromatic nitrogens is 2. The summed E-state index contributed by atoms with van der Waals surface area (Å²) in [6.45, 7) is 0. The normalized spacial score (nSPS) is 10.8. The Bertz CT molecular complexity index is 967. The summed E-state index contributed by atoms with van der Waals surface area (Å²) in [5, 5.41) is 6.10. The molecule has 0 aliphatic rings. The van der Waals surface area contributed by atoms with Crippen molar-refractivity contribution in [3.63, 3.8) is 0 Å².